The van der Waals surface area contributed by atoms with Crippen LogP contribution in [0.25, 0.3) is 0 Å². The molecule has 0 bridgehead atoms. The molecule has 0 radical (unpaired) electrons. The van der Waals surface area contributed by atoms with Crippen molar-refractivity contribution < 1.29 is 33.3 Å². The minimum Gasteiger partial charge on any atom is -0.449 e. The fourth-order valence-electron chi connectivity index (χ4n) is 4.49. The number of alkyl carbamates (subject to hydrolysis) is 2. The smallest absolute Gasteiger partial charge is 0.416 e. The summed E-state index contributed by atoms with van der Waals surface area (Å²) in [6, 6.07) is 0. The van der Waals surface area contributed by atoms with E-state index in [0.717, 1.165) is 12.8 Å². The van der Waals surface area contributed by atoms with E-state index >= 15 is 0 Å². The fraction of sp³-hybridized carbons (Fsp3) is 0.800. The highest BCUT2D eigenvalue weighted by atomic mass is 16.6. The number of carbonyl (C=O) groups excluding carboxylic acids is 2. The van der Waals surface area contributed by atoms with E-state index in [1.54, 1.807) is 14.0 Å². The van der Waals surface area contributed by atoms with Crippen LogP contribution in [-0.4, -0.2) is 62.0 Å². The van der Waals surface area contributed by atoms with Gasteiger partial charge in [-0.1, -0.05) is 11.6 Å². The summed E-state index contributed by atoms with van der Waals surface area (Å²) < 4.78 is 28.0. The van der Waals surface area contributed by atoms with Gasteiger partial charge in [0, 0.05) is 7.11 Å². The molecule has 8 heteroatoms. The molecule has 0 aromatic heterocycles. The maximum Gasteiger partial charge on any atom is 0.416 e. The lowest BCUT2D eigenvalue weighted by molar-refractivity contribution is -0.117. The van der Waals surface area contributed by atoms with Gasteiger partial charge in [-0.05, 0) is 47.0 Å². The summed E-state index contributed by atoms with van der Waals surface area (Å²) in [5.74, 6) is -0.0605. The van der Waals surface area contributed by atoms with Crippen LogP contribution in [0.2, 0.25) is 0 Å². The molecule has 2 saturated heterocycles. The van der Waals surface area contributed by atoms with E-state index in [-0.39, 0.29) is 30.3 Å². The van der Waals surface area contributed by atoms with E-state index in [9.17, 15) is 9.59 Å². The van der Waals surface area contributed by atoms with Crippen molar-refractivity contribution in [1.29, 1.82) is 0 Å². The Balaban J connectivity index is 1.70. The Kier molecular flexibility index (Phi) is 6.03. The van der Waals surface area contributed by atoms with Crippen LogP contribution in [-0.2, 0) is 23.7 Å². The van der Waals surface area contributed by atoms with Crippen molar-refractivity contribution in [2.45, 2.75) is 76.5 Å². The van der Waals surface area contributed by atoms with Gasteiger partial charge in [0.05, 0.1) is 25.2 Å². The molecule has 3 aliphatic rings. The summed E-state index contributed by atoms with van der Waals surface area (Å²) in [5, 5.41) is 2.07. The van der Waals surface area contributed by atoms with Crippen LogP contribution in [0.4, 0.5) is 9.59 Å². The Hall–Kier alpha value is -1.64. The van der Waals surface area contributed by atoms with Crippen LogP contribution in [0.1, 0.15) is 47.0 Å². The molecule has 3 rings (SSSR count). The normalized spacial score (nSPS) is 38.5. The van der Waals surface area contributed by atoms with E-state index in [0.29, 0.717) is 13.0 Å². The lowest BCUT2D eigenvalue weighted by Crippen LogP contribution is -2.56. The molecule has 8 nitrogen and oxygen atoms in total. The number of epoxide rings is 2. The number of hydrogen-bond donors (Lipinski definition) is 1. The highest BCUT2D eigenvalue weighted by Gasteiger charge is 2.72. The summed E-state index contributed by atoms with van der Waals surface area (Å²) in [4.78, 5) is 23.5. The first-order valence-corrected chi connectivity index (χ1v) is 9.88. The Morgan fingerprint density at radius 3 is 2.57 bits per heavy atom. The van der Waals surface area contributed by atoms with Gasteiger partial charge in [0.15, 0.2) is 0 Å². The zero-order valence-corrected chi connectivity index (χ0v) is 17.3. The minimum atomic E-state index is -0.833. The van der Waals surface area contributed by atoms with Crippen molar-refractivity contribution in [1.82, 2.24) is 5.32 Å². The molecule has 3 fully saturated rings. The lowest BCUT2D eigenvalue weighted by atomic mass is 9.68. The molecule has 158 valence electrons. The molecule has 2 aliphatic heterocycles. The monoisotopic (exact) mass is 397 g/mol. The molecule has 2 amide bonds. The minimum absolute atomic E-state index is 0.0605. The van der Waals surface area contributed by atoms with Crippen molar-refractivity contribution in [3.05, 3.63) is 11.6 Å². The van der Waals surface area contributed by atoms with Crippen LogP contribution in [0.5, 0.6) is 0 Å². The van der Waals surface area contributed by atoms with Crippen LogP contribution in [0.3, 0.4) is 0 Å². The lowest BCUT2D eigenvalue weighted by Gasteiger charge is -2.42. The zero-order chi connectivity index (χ0) is 20.5. The maximum absolute atomic E-state index is 12.1. The summed E-state index contributed by atoms with van der Waals surface area (Å²) in [7, 11) is 1.61. The topological polar surface area (TPSA) is 98.9 Å². The second-order valence-corrected chi connectivity index (χ2v) is 8.17. The van der Waals surface area contributed by atoms with Crippen molar-refractivity contribution in [3.63, 3.8) is 0 Å². The van der Waals surface area contributed by atoms with Crippen LogP contribution in [0, 0.1) is 5.92 Å². The zero-order valence-electron chi connectivity index (χ0n) is 17.3. The van der Waals surface area contributed by atoms with Gasteiger partial charge in [0.25, 0.3) is 0 Å². The Bertz CT molecular complexity index is 640. The molecule has 1 aliphatic carbocycles. The summed E-state index contributed by atoms with van der Waals surface area (Å²) in [6.07, 6.45) is 1.89. The highest BCUT2D eigenvalue weighted by molar-refractivity contribution is 5.87. The van der Waals surface area contributed by atoms with Gasteiger partial charge >= 0.3 is 12.2 Å². The average molecular weight is 397 g/mol. The highest BCUT2D eigenvalue weighted by Crippen LogP contribution is 2.59. The van der Waals surface area contributed by atoms with E-state index in [2.05, 4.69) is 32.2 Å². The molecule has 0 aromatic rings. The molecular weight excluding hydrogens is 366 g/mol. The van der Waals surface area contributed by atoms with E-state index in [1.807, 2.05) is 0 Å². The van der Waals surface area contributed by atoms with Gasteiger partial charge in [0.2, 0.25) is 0 Å². The van der Waals surface area contributed by atoms with Gasteiger partial charge in [0.1, 0.15) is 23.4 Å². The summed E-state index contributed by atoms with van der Waals surface area (Å²) >= 11 is 0. The molecule has 28 heavy (non-hydrogen) atoms. The van der Waals surface area contributed by atoms with Crippen molar-refractivity contribution in [2.24, 2.45) is 5.92 Å². The van der Waals surface area contributed by atoms with E-state index in [1.165, 1.54) is 5.57 Å². The van der Waals surface area contributed by atoms with Crippen molar-refractivity contribution in [2.75, 3.05) is 20.3 Å². The molecule has 1 spiro atoms. The number of hydrogen-bond acceptors (Lipinski definition) is 7. The number of carbonyl (C=O) groups is 2. The first-order chi connectivity index (χ1) is 13.3. The van der Waals surface area contributed by atoms with E-state index in [4.69, 9.17) is 23.7 Å². The number of methoxy groups -OCH3 is 1. The molecule has 2 heterocycles. The largest absolute Gasteiger partial charge is 0.449 e. The maximum atomic E-state index is 12.1. The second-order valence-electron chi connectivity index (χ2n) is 8.17. The van der Waals surface area contributed by atoms with Gasteiger partial charge in [-0.15, -0.1) is 0 Å². The van der Waals surface area contributed by atoms with Gasteiger partial charge in [-0.25, -0.2) is 14.9 Å². The quantitative estimate of drug-likeness (QED) is 0.543. The molecule has 1 N–H and O–H groups in total. The van der Waals surface area contributed by atoms with Gasteiger partial charge in [-0.2, -0.15) is 0 Å². The third-order valence-corrected chi connectivity index (χ3v) is 5.98. The first-order valence-electron chi connectivity index (χ1n) is 9.88. The predicted octanol–water partition coefficient (Wildman–Crippen LogP) is 2.95. The number of nitrogens with one attached hydrogen (secondary N) is 1. The van der Waals surface area contributed by atoms with Crippen molar-refractivity contribution >= 4 is 12.2 Å². The van der Waals surface area contributed by atoms with Crippen LogP contribution >= 0.6 is 0 Å². The second kappa shape index (κ2) is 8.00. The molecule has 0 aromatic carbocycles. The summed E-state index contributed by atoms with van der Waals surface area (Å²) in [6.45, 7) is 8.71. The molecule has 1 saturated carbocycles. The van der Waals surface area contributed by atoms with Crippen molar-refractivity contribution in [3.8, 4) is 0 Å². The standard InChI is InChI=1S/C20H31NO7/c1-6-25-17(22)21-18(23)27-13-9-10-20(11-26-20)16(15(13)24-5)19(4)14(28-19)8-7-12(2)3/h7,13-16H,6,8-11H2,1-5H3,(H,21,22,23). The number of ether oxygens (including phenoxy) is 5. The third-order valence-electron chi connectivity index (χ3n) is 5.98. The molecular formula is C20H31NO7. The first kappa shape index (κ1) is 21.1. The predicted molar refractivity (Wildman–Crippen MR) is 100.0 cm³/mol. The number of allylic oxidation sites excluding steroid dienone is 1. The molecule has 6 unspecified atom stereocenters. The average Bonchev–Trinajstić information content (AvgIpc) is 3.52. The Morgan fingerprint density at radius 2 is 2.00 bits per heavy atom. The SMILES string of the molecule is CCOC(=O)NC(=O)OC1CCC2(CO2)C(C2(C)OC2CC=C(C)C)C1OC. The van der Waals surface area contributed by atoms with E-state index < -0.39 is 23.9 Å². The number of imide groups is 1. The van der Waals surface area contributed by atoms with Gasteiger partial charge in [-0.3, -0.25) is 0 Å². The Labute approximate surface area is 165 Å². The van der Waals surface area contributed by atoms with Crippen LogP contribution < -0.4 is 5.32 Å². The van der Waals surface area contributed by atoms with Gasteiger partial charge < -0.3 is 23.7 Å². The molecule has 6 atom stereocenters. The fourth-order valence-corrected chi connectivity index (χ4v) is 4.49. The van der Waals surface area contributed by atoms with Crippen LogP contribution in [0.15, 0.2) is 11.6 Å². The number of rotatable bonds is 6. The Morgan fingerprint density at radius 1 is 1.29 bits per heavy atom. The third kappa shape index (κ3) is 4.18. The summed E-state index contributed by atoms with van der Waals surface area (Å²) in [5.41, 5.74) is 0.564. The number of amides is 2.